The Morgan fingerprint density at radius 1 is 1.25 bits per heavy atom. The van der Waals surface area contributed by atoms with Crippen molar-refractivity contribution in [1.82, 2.24) is 0 Å². The van der Waals surface area contributed by atoms with Crippen LogP contribution in [-0.2, 0) is 6.18 Å². The summed E-state index contributed by atoms with van der Waals surface area (Å²) in [6.07, 6.45) is -4.52. The Kier molecular flexibility index (Phi) is 3.88. The smallest absolute Gasteiger partial charge is 0.396 e. The summed E-state index contributed by atoms with van der Waals surface area (Å²) in [6.45, 7) is -0.265. The largest absolute Gasteiger partial charge is 0.416 e. The van der Waals surface area contributed by atoms with Crippen molar-refractivity contribution in [3.63, 3.8) is 0 Å². The van der Waals surface area contributed by atoms with E-state index in [2.05, 4.69) is 0 Å². The second-order valence-electron chi connectivity index (χ2n) is 3.39. The molecule has 0 bridgehead atoms. The maximum atomic E-state index is 12.9. The molecule has 0 heterocycles. The van der Waals surface area contributed by atoms with E-state index in [0.717, 1.165) is 12.1 Å². The summed E-state index contributed by atoms with van der Waals surface area (Å²) in [5.41, 5.74) is 4.45. The van der Waals surface area contributed by atoms with E-state index in [1.54, 1.807) is 0 Å². The molecule has 0 saturated heterocycles. The molecule has 0 aliphatic carbocycles. The first kappa shape index (κ1) is 12.9. The molecule has 0 amide bonds. The van der Waals surface area contributed by atoms with Gasteiger partial charge in [-0.3, -0.25) is 0 Å². The number of rotatable bonds is 3. The minimum atomic E-state index is -4.60. The third-order valence-electron chi connectivity index (χ3n) is 2.12. The molecule has 0 aromatic heterocycles. The zero-order valence-corrected chi connectivity index (χ0v) is 8.26. The fraction of sp³-hybridized carbons (Fsp3) is 0.400. The quantitative estimate of drug-likeness (QED) is 0.792. The van der Waals surface area contributed by atoms with Gasteiger partial charge in [0, 0.05) is 12.6 Å². The molecule has 2 nitrogen and oxygen atoms in total. The Bertz CT molecular complexity index is 364. The second-order valence-corrected chi connectivity index (χ2v) is 3.39. The first-order valence-corrected chi connectivity index (χ1v) is 4.58. The molecule has 0 fully saturated rings. The maximum absolute atomic E-state index is 12.9. The molecule has 6 heteroatoms. The van der Waals surface area contributed by atoms with Crippen LogP contribution in [0.3, 0.4) is 0 Å². The van der Waals surface area contributed by atoms with Crippen molar-refractivity contribution in [2.24, 2.45) is 5.73 Å². The number of halogens is 4. The van der Waals surface area contributed by atoms with Crippen LogP contribution in [-0.4, -0.2) is 11.7 Å². The van der Waals surface area contributed by atoms with Crippen LogP contribution in [0.2, 0.25) is 0 Å². The third-order valence-corrected chi connectivity index (χ3v) is 2.12. The fourth-order valence-corrected chi connectivity index (χ4v) is 1.30. The van der Waals surface area contributed by atoms with Crippen LogP contribution in [0.5, 0.6) is 0 Å². The molecule has 1 aromatic rings. The van der Waals surface area contributed by atoms with Crippen LogP contribution in [0, 0.1) is 5.82 Å². The Balaban J connectivity index is 3.08. The number of aliphatic hydroxyl groups excluding tert-OH is 1. The van der Waals surface area contributed by atoms with Gasteiger partial charge >= 0.3 is 6.18 Å². The summed E-state index contributed by atoms with van der Waals surface area (Å²) in [5.74, 6) is -0.988. The lowest BCUT2D eigenvalue weighted by Crippen LogP contribution is -2.14. The molecule has 1 aromatic carbocycles. The normalized spacial score (nSPS) is 13.9. The molecule has 1 atom stereocenters. The van der Waals surface area contributed by atoms with Gasteiger partial charge in [0.25, 0.3) is 0 Å². The van der Waals surface area contributed by atoms with Crippen molar-refractivity contribution >= 4 is 0 Å². The average Bonchev–Trinajstić information content (AvgIpc) is 2.16. The van der Waals surface area contributed by atoms with Crippen LogP contribution in [0.25, 0.3) is 0 Å². The molecule has 0 saturated carbocycles. The molecule has 90 valence electrons. The van der Waals surface area contributed by atoms with E-state index in [-0.39, 0.29) is 18.6 Å². The number of benzene rings is 1. The van der Waals surface area contributed by atoms with Crippen LogP contribution >= 0.6 is 0 Å². The van der Waals surface area contributed by atoms with Gasteiger partial charge in [-0.2, -0.15) is 13.2 Å². The fourth-order valence-electron chi connectivity index (χ4n) is 1.30. The lowest BCUT2D eigenvalue weighted by atomic mass is 10.0. The monoisotopic (exact) mass is 237 g/mol. The zero-order valence-electron chi connectivity index (χ0n) is 8.26. The highest BCUT2D eigenvalue weighted by molar-refractivity contribution is 5.28. The van der Waals surface area contributed by atoms with Crippen molar-refractivity contribution in [2.75, 3.05) is 6.61 Å². The first-order valence-electron chi connectivity index (χ1n) is 4.58. The van der Waals surface area contributed by atoms with Crippen LogP contribution in [0.15, 0.2) is 18.2 Å². The summed E-state index contributed by atoms with van der Waals surface area (Å²) >= 11 is 0. The topological polar surface area (TPSA) is 46.2 Å². The standard InChI is InChI=1S/C10H11F4NO/c11-8-4-6(9(15)1-2-16)3-7(5-8)10(12,13)14/h3-5,9,16H,1-2,15H2. The van der Waals surface area contributed by atoms with Crippen molar-refractivity contribution < 1.29 is 22.7 Å². The first-order chi connectivity index (χ1) is 7.34. The Labute approximate surface area is 89.7 Å². The van der Waals surface area contributed by atoms with Gasteiger partial charge in [0.1, 0.15) is 5.82 Å². The third kappa shape index (κ3) is 3.18. The Morgan fingerprint density at radius 2 is 1.88 bits per heavy atom. The van der Waals surface area contributed by atoms with E-state index in [1.807, 2.05) is 0 Å². The van der Waals surface area contributed by atoms with E-state index in [1.165, 1.54) is 0 Å². The Hall–Kier alpha value is -1.14. The van der Waals surface area contributed by atoms with E-state index < -0.39 is 23.6 Å². The van der Waals surface area contributed by atoms with Gasteiger partial charge in [0.05, 0.1) is 5.56 Å². The SMILES string of the molecule is NC(CCO)c1cc(F)cc(C(F)(F)F)c1. The predicted molar refractivity (Wildman–Crippen MR) is 50.0 cm³/mol. The molecule has 0 aliphatic heterocycles. The van der Waals surface area contributed by atoms with Gasteiger partial charge in [-0.15, -0.1) is 0 Å². The highest BCUT2D eigenvalue weighted by Crippen LogP contribution is 2.31. The summed E-state index contributed by atoms with van der Waals surface area (Å²) in [6, 6.07) is 1.34. The molecule has 16 heavy (non-hydrogen) atoms. The molecule has 0 radical (unpaired) electrons. The van der Waals surface area contributed by atoms with Gasteiger partial charge in [0.2, 0.25) is 0 Å². The maximum Gasteiger partial charge on any atom is 0.416 e. The predicted octanol–water partition coefficient (Wildman–Crippen LogP) is 2.23. The number of nitrogens with two attached hydrogens (primary N) is 1. The van der Waals surface area contributed by atoms with Crippen molar-refractivity contribution in [2.45, 2.75) is 18.6 Å². The van der Waals surface area contributed by atoms with E-state index in [0.29, 0.717) is 6.07 Å². The minimum Gasteiger partial charge on any atom is -0.396 e. The number of alkyl halides is 3. The zero-order chi connectivity index (χ0) is 12.3. The average molecular weight is 237 g/mol. The summed E-state index contributed by atoms with van der Waals surface area (Å²) in [7, 11) is 0. The number of aliphatic hydroxyl groups is 1. The van der Waals surface area contributed by atoms with Crippen LogP contribution in [0.4, 0.5) is 17.6 Å². The molecule has 1 rings (SSSR count). The summed E-state index contributed by atoms with van der Waals surface area (Å²) < 4.78 is 50.0. The second kappa shape index (κ2) is 4.80. The summed E-state index contributed by atoms with van der Waals surface area (Å²) in [5, 5.41) is 8.60. The lowest BCUT2D eigenvalue weighted by molar-refractivity contribution is -0.137. The molecule has 3 N–H and O–H groups in total. The summed E-state index contributed by atoms with van der Waals surface area (Å²) in [4.78, 5) is 0. The van der Waals surface area contributed by atoms with Crippen molar-refractivity contribution in [1.29, 1.82) is 0 Å². The van der Waals surface area contributed by atoms with E-state index in [9.17, 15) is 17.6 Å². The molecule has 0 spiro atoms. The van der Waals surface area contributed by atoms with Crippen LogP contribution in [0.1, 0.15) is 23.6 Å². The number of hydrogen-bond acceptors (Lipinski definition) is 2. The van der Waals surface area contributed by atoms with Gasteiger partial charge < -0.3 is 10.8 Å². The lowest BCUT2D eigenvalue weighted by Gasteiger charge is -2.13. The minimum absolute atomic E-state index is 0.0291. The molecular formula is C10H11F4NO. The van der Waals surface area contributed by atoms with E-state index >= 15 is 0 Å². The van der Waals surface area contributed by atoms with Crippen molar-refractivity contribution in [3.8, 4) is 0 Å². The van der Waals surface area contributed by atoms with Gasteiger partial charge in [-0.25, -0.2) is 4.39 Å². The van der Waals surface area contributed by atoms with Crippen molar-refractivity contribution in [3.05, 3.63) is 35.1 Å². The highest BCUT2D eigenvalue weighted by atomic mass is 19.4. The molecule has 0 aliphatic rings. The molecule has 1 unspecified atom stereocenters. The van der Waals surface area contributed by atoms with Gasteiger partial charge in [-0.05, 0) is 30.2 Å². The van der Waals surface area contributed by atoms with E-state index in [4.69, 9.17) is 10.8 Å². The molecular weight excluding hydrogens is 226 g/mol. The van der Waals surface area contributed by atoms with Crippen LogP contribution < -0.4 is 5.73 Å². The number of hydrogen-bond donors (Lipinski definition) is 2. The van der Waals surface area contributed by atoms with Gasteiger partial charge in [-0.1, -0.05) is 0 Å². The van der Waals surface area contributed by atoms with Gasteiger partial charge in [0.15, 0.2) is 0 Å². The highest BCUT2D eigenvalue weighted by Gasteiger charge is 2.31. The Morgan fingerprint density at radius 3 is 2.38 bits per heavy atom.